The van der Waals surface area contributed by atoms with E-state index < -0.39 is 0 Å². The minimum absolute atomic E-state index is 0.0183. The zero-order valence-corrected chi connectivity index (χ0v) is 39.4. The van der Waals surface area contributed by atoms with E-state index in [4.69, 9.17) is 9.47 Å². The fourth-order valence-corrected chi connectivity index (χ4v) is 8.14. The number of hydrogen-bond acceptors (Lipinski definition) is 7. The Morgan fingerprint density at radius 1 is 0.576 bits per heavy atom. The summed E-state index contributed by atoms with van der Waals surface area (Å²) in [5.74, 6) is -0.00559. The van der Waals surface area contributed by atoms with Crippen molar-refractivity contribution in [2.45, 2.75) is 265 Å². The van der Waals surface area contributed by atoms with Crippen molar-refractivity contribution in [2.75, 3.05) is 32.8 Å². The van der Waals surface area contributed by atoms with Gasteiger partial charge in [0.15, 0.2) is 0 Å². The maximum Gasteiger partial charge on any atom is 0.306 e. The first-order valence-corrected chi connectivity index (χ1v) is 25.7. The molecule has 59 heavy (non-hydrogen) atoms. The predicted octanol–water partition coefficient (Wildman–Crippen LogP) is 13.9. The van der Waals surface area contributed by atoms with Crippen LogP contribution in [0.3, 0.4) is 0 Å². The van der Waals surface area contributed by atoms with Crippen molar-refractivity contribution in [3.8, 4) is 0 Å². The summed E-state index contributed by atoms with van der Waals surface area (Å²) >= 11 is 0. The van der Waals surface area contributed by atoms with Crippen LogP contribution in [0.1, 0.15) is 251 Å². The number of rotatable bonds is 46. The second kappa shape index (κ2) is 42.7. The van der Waals surface area contributed by atoms with Crippen LogP contribution in [0, 0.1) is 0 Å². The fourth-order valence-electron chi connectivity index (χ4n) is 8.14. The number of carbonyl (C=O) groups excluding carboxylic acids is 2. The first-order chi connectivity index (χ1) is 29.0. The molecule has 0 bridgehead atoms. The van der Waals surface area contributed by atoms with E-state index in [1.54, 1.807) is 0 Å². The molecule has 0 spiro atoms. The van der Waals surface area contributed by atoms with Gasteiger partial charge in [0.25, 0.3) is 0 Å². The molecule has 0 aliphatic heterocycles. The lowest BCUT2D eigenvalue weighted by Crippen LogP contribution is -2.28. The summed E-state index contributed by atoms with van der Waals surface area (Å²) in [7, 11) is 0. The molecule has 0 aliphatic carbocycles. The summed E-state index contributed by atoms with van der Waals surface area (Å²) in [6.07, 6.45) is 46.2. The Morgan fingerprint density at radius 2 is 1.02 bits per heavy atom. The SMILES string of the molecule is CCCCCCCCCCCOC(=O)CCCCCCCN(CCCCCCCC(=O)OC(CCCCCCCC)CCCCCCCC)CCc1cnn(CCO)c1. The molecule has 8 heteroatoms. The molecule has 0 atom stereocenters. The Bertz CT molecular complexity index is 1030. The van der Waals surface area contributed by atoms with Crippen molar-refractivity contribution in [1.29, 1.82) is 0 Å². The van der Waals surface area contributed by atoms with Gasteiger partial charge in [0.2, 0.25) is 0 Å². The highest BCUT2D eigenvalue weighted by Crippen LogP contribution is 2.19. The molecule has 0 aliphatic rings. The molecular weight excluding hydrogens is 735 g/mol. The van der Waals surface area contributed by atoms with Crippen molar-refractivity contribution in [3.63, 3.8) is 0 Å². The number of nitrogens with zero attached hydrogens (tertiary/aromatic N) is 3. The van der Waals surface area contributed by atoms with Gasteiger partial charge in [-0.15, -0.1) is 0 Å². The van der Waals surface area contributed by atoms with Crippen molar-refractivity contribution in [2.24, 2.45) is 0 Å². The summed E-state index contributed by atoms with van der Waals surface area (Å²) < 4.78 is 13.4. The molecular formula is C51H97N3O5. The van der Waals surface area contributed by atoms with Gasteiger partial charge in [0.1, 0.15) is 6.10 Å². The highest BCUT2D eigenvalue weighted by atomic mass is 16.5. The number of aliphatic hydroxyl groups excluding tert-OH is 1. The monoisotopic (exact) mass is 832 g/mol. The van der Waals surface area contributed by atoms with Crippen LogP contribution < -0.4 is 0 Å². The van der Waals surface area contributed by atoms with Crippen molar-refractivity contribution in [3.05, 3.63) is 18.0 Å². The third-order valence-electron chi connectivity index (χ3n) is 12.0. The fraction of sp³-hybridized carbons (Fsp3) is 0.902. The lowest BCUT2D eigenvalue weighted by Gasteiger charge is -2.22. The molecule has 1 heterocycles. The van der Waals surface area contributed by atoms with Gasteiger partial charge in [-0.05, 0) is 82.9 Å². The number of unbranched alkanes of at least 4 members (excludes halogenated alkanes) is 26. The summed E-state index contributed by atoms with van der Waals surface area (Å²) in [5, 5.41) is 13.7. The molecule has 1 aromatic rings. The number of aromatic nitrogens is 2. The minimum atomic E-state index is -0.0239. The summed E-state index contributed by atoms with van der Waals surface area (Å²) in [6, 6.07) is 0. The zero-order chi connectivity index (χ0) is 42.7. The van der Waals surface area contributed by atoms with E-state index in [0.717, 1.165) is 83.8 Å². The Labute approximate surface area is 365 Å². The highest BCUT2D eigenvalue weighted by Gasteiger charge is 2.15. The smallest absolute Gasteiger partial charge is 0.306 e. The molecule has 1 rings (SSSR count). The van der Waals surface area contributed by atoms with E-state index in [1.807, 2.05) is 10.9 Å². The van der Waals surface area contributed by atoms with E-state index in [0.29, 0.717) is 26.0 Å². The number of carbonyl (C=O) groups is 2. The standard InChI is InChI=1S/C51H97N3O5/c1-4-7-10-13-16-17-18-27-34-45-58-50(56)37-30-23-19-25-32-40-53(42-39-48-46-52-54(47-48)43-44-55)41-33-26-20-24-31-38-51(57)59-49(35-28-21-14-11-8-5-2)36-29-22-15-12-9-6-3/h46-47,49,55H,4-45H2,1-3H3. The Kier molecular flexibility index (Phi) is 39.9. The molecule has 0 radical (unpaired) electrons. The van der Waals surface area contributed by atoms with E-state index in [1.165, 1.54) is 160 Å². The number of hydrogen-bond donors (Lipinski definition) is 1. The topological polar surface area (TPSA) is 93.9 Å². The Morgan fingerprint density at radius 3 is 1.53 bits per heavy atom. The lowest BCUT2D eigenvalue weighted by molar-refractivity contribution is -0.150. The van der Waals surface area contributed by atoms with Gasteiger partial charge in [-0.25, -0.2) is 0 Å². The summed E-state index contributed by atoms with van der Waals surface area (Å²) in [5.41, 5.74) is 1.22. The molecule has 0 unspecified atom stereocenters. The summed E-state index contributed by atoms with van der Waals surface area (Å²) in [4.78, 5) is 27.7. The number of ether oxygens (including phenoxy) is 2. The molecule has 0 fully saturated rings. The van der Waals surface area contributed by atoms with Crippen LogP contribution in [0.5, 0.6) is 0 Å². The maximum absolute atomic E-state index is 12.9. The first kappa shape index (κ1) is 55.1. The third-order valence-corrected chi connectivity index (χ3v) is 12.0. The van der Waals surface area contributed by atoms with Crippen LogP contribution in [0.2, 0.25) is 0 Å². The van der Waals surface area contributed by atoms with Crippen LogP contribution in [0.4, 0.5) is 0 Å². The molecule has 0 amide bonds. The lowest BCUT2D eigenvalue weighted by atomic mass is 10.0. The number of aliphatic hydroxyl groups is 1. The van der Waals surface area contributed by atoms with Crippen molar-refractivity contribution in [1.82, 2.24) is 14.7 Å². The molecule has 0 saturated heterocycles. The average Bonchev–Trinajstić information content (AvgIpc) is 3.69. The molecule has 8 nitrogen and oxygen atoms in total. The van der Waals surface area contributed by atoms with Crippen LogP contribution in [0.25, 0.3) is 0 Å². The van der Waals surface area contributed by atoms with Crippen molar-refractivity contribution < 1.29 is 24.2 Å². The predicted molar refractivity (Wildman–Crippen MR) is 249 cm³/mol. The molecule has 1 aromatic heterocycles. The van der Waals surface area contributed by atoms with Gasteiger partial charge in [-0.1, -0.05) is 175 Å². The third kappa shape index (κ3) is 36.4. The Balaban J connectivity index is 2.30. The first-order valence-electron chi connectivity index (χ1n) is 25.7. The maximum atomic E-state index is 12.9. The van der Waals surface area contributed by atoms with Gasteiger partial charge < -0.3 is 19.5 Å². The van der Waals surface area contributed by atoms with E-state index in [-0.39, 0.29) is 24.6 Å². The average molecular weight is 832 g/mol. The minimum Gasteiger partial charge on any atom is -0.466 e. The molecule has 1 N–H and O–H groups in total. The molecule has 346 valence electrons. The van der Waals surface area contributed by atoms with Crippen LogP contribution in [-0.4, -0.2) is 70.7 Å². The number of esters is 2. The van der Waals surface area contributed by atoms with Gasteiger partial charge >= 0.3 is 11.9 Å². The van der Waals surface area contributed by atoms with Crippen molar-refractivity contribution >= 4 is 11.9 Å². The van der Waals surface area contributed by atoms with E-state index in [2.05, 4.69) is 37.0 Å². The van der Waals surface area contributed by atoms with Gasteiger partial charge in [0.05, 0.1) is 26.0 Å². The molecule has 0 saturated carbocycles. The normalized spacial score (nSPS) is 11.6. The van der Waals surface area contributed by atoms with Crippen LogP contribution in [0.15, 0.2) is 12.4 Å². The highest BCUT2D eigenvalue weighted by molar-refractivity contribution is 5.69. The summed E-state index contributed by atoms with van der Waals surface area (Å²) in [6.45, 7) is 11.2. The van der Waals surface area contributed by atoms with Crippen LogP contribution >= 0.6 is 0 Å². The van der Waals surface area contributed by atoms with E-state index >= 15 is 0 Å². The van der Waals surface area contributed by atoms with Gasteiger partial charge in [0, 0.05) is 25.6 Å². The Hall–Kier alpha value is -1.93. The van der Waals surface area contributed by atoms with Gasteiger partial charge in [-0.3, -0.25) is 14.3 Å². The second-order valence-electron chi connectivity index (χ2n) is 17.7. The zero-order valence-electron chi connectivity index (χ0n) is 39.4. The molecule has 0 aromatic carbocycles. The largest absolute Gasteiger partial charge is 0.466 e. The van der Waals surface area contributed by atoms with E-state index in [9.17, 15) is 14.7 Å². The van der Waals surface area contributed by atoms with Crippen LogP contribution in [-0.2, 0) is 32.0 Å². The quantitative estimate of drug-likeness (QED) is 0.0516. The second-order valence-corrected chi connectivity index (χ2v) is 17.7. The van der Waals surface area contributed by atoms with Gasteiger partial charge in [-0.2, -0.15) is 5.10 Å².